The van der Waals surface area contributed by atoms with Gasteiger partial charge in [0.15, 0.2) is 0 Å². The molecule has 23 heavy (non-hydrogen) atoms. The molecule has 4 saturated carbocycles. The van der Waals surface area contributed by atoms with E-state index in [2.05, 4.69) is 24.1 Å². The molecule has 0 aromatic carbocycles. The first-order valence-electron chi connectivity index (χ1n) is 9.72. The normalized spacial score (nSPS) is 43.1. The predicted molar refractivity (Wildman–Crippen MR) is 91.8 cm³/mol. The van der Waals surface area contributed by atoms with Crippen molar-refractivity contribution in [3.8, 4) is 0 Å². The summed E-state index contributed by atoms with van der Waals surface area (Å²) < 4.78 is 0. The minimum absolute atomic E-state index is 0.0509. The maximum atomic E-state index is 12.9. The Morgan fingerprint density at radius 3 is 2.30 bits per heavy atom. The van der Waals surface area contributed by atoms with Gasteiger partial charge < -0.3 is 11.1 Å². The highest BCUT2D eigenvalue weighted by Crippen LogP contribution is 2.53. The summed E-state index contributed by atoms with van der Waals surface area (Å²) in [6.07, 6.45) is 9.04. The molecule has 0 aromatic heterocycles. The average Bonchev–Trinajstić information content (AvgIpc) is 2.87. The number of hydrogen-bond acceptors (Lipinski definition) is 3. The highest BCUT2D eigenvalue weighted by Gasteiger charge is 2.49. The fourth-order valence-electron chi connectivity index (χ4n) is 6.26. The van der Waals surface area contributed by atoms with Gasteiger partial charge in [0.1, 0.15) is 0 Å². The molecule has 4 bridgehead atoms. The fourth-order valence-corrected chi connectivity index (χ4v) is 6.26. The second-order valence-electron chi connectivity index (χ2n) is 9.58. The molecule has 3 N–H and O–H groups in total. The molecule has 0 unspecified atom stereocenters. The van der Waals surface area contributed by atoms with Gasteiger partial charge in [-0.25, -0.2) is 0 Å². The van der Waals surface area contributed by atoms with Crippen LogP contribution in [0.15, 0.2) is 0 Å². The van der Waals surface area contributed by atoms with E-state index in [4.69, 9.17) is 5.73 Å². The Morgan fingerprint density at radius 2 is 1.74 bits per heavy atom. The van der Waals surface area contributed by atoms with Crippen molar-refractivity contribution < 1.29 is 4.79 Å². The first-order valence-corrected chi connectivity index (χ1v) is 9.72. The lowest BCUT2D eigenvalue weighted by molar-refractivity contribution is -0.129. The molecule has 1 amide bonds. The van der Waals surface area contributed by atoms with Gasteiger partial charge in [0, 0.05) is 18.1 Å². The van der Waals surface area contributed by atoms with Gasteiger partial charge in [0.25, 0.3) is 0 Å². The van der Waals surface area contributed by atoms with Gasteiger partial charge in [-0.15, -0.1) is 0 Å². The molecular weight excluding hydrogens is 286 g/mol. The molecule has 0 spiro atoms. The van der Waals surface area contributed by atoms with Crippen molar-refractivity contribution in [3.05, 3.63) is 0 Å². The van der Waals surface area contributed by atoms with Gasteiger partial charge in [-0.05, 0) is 89.0 Å². The number of hydrogen-bond donors (Lipinski definition) is 2. The molecule has 1 saturated heterocycles. The highest BCUT2D eigenvalue weighted by atomic mass is 16.2. The topological polar surface area (TPSA) is 58.4 Å². The summed E-state index contributed by atoms with van der Waals surface area (Å²) in [5.74, 6) is 3.73. The van der Waals surface area contributed by atoms with Crippen molar-refractivity contribution in [2.24, 2.45) is 29.4 Å². The van der Waals surface area contributed by atoms with Gasteiger partial charge >= 0.3 is 0 Å². The van der Waals surface area contributed by atoms with Gasteiger partial charge in [-0.1, -0.05) is 0 Å². The van der Waals surface area contributed by atoms with E-state index in [-0.39, 0.29) is 17.5 Å². The van der Waals surface area contributed by atoms with E-state index in [1.807, 2.05) is 0 Å². The third-order valence-electron chi connectivity index (χ3n) is 6.81. The molecule has 0 radical (unpaired) electrons. The number of carbonyl (C=O) groups excluding carboxylic acids is 1. The molecular formula is C19H33N3O. The molecule has 5 rings (SSSR count). The number of rotatable bonds is 4. The summed E-state index contributed by atoms with van der Waals surface area (Å²) >= 11 is 0. The number of carbonyl (C=O) groups is 1. The maximum absolute atomic E-state index is 12.9. The fraction of sp³-hybridized carbons (Fsp3) is 0.947. The zero-order valence-electron chi connectivity index (χ0n) is 14.8. The van der Waals surface area contributed by atoms with Crippen molar-refractivity contribution >= 4 is 5.91 Å². The lowest BCUT2D eigenvalue weighted by atomic mass is 9.54. The number of likely N-dealkylation sites (tertiary alicyclic amines) is 1. The molecule has 1 atom stereocenters. The smallest absolute Gasteiger partial charge is 0.237 e. The summed E-state index contributed by atoms with van der Waals surface area (Å²) in [6, 6.07) is 0.513. The zero-order chi connectivity index (χ0) is 16.2. The second kappa shape index (κ2) is 5.73. The van der Waals surface area contributed by atoms with Crippen LogP contribution in [0.2, 0.25) is 0 Å². The van der Waals surface area contributed by atoms with Crippen LogP contribution in [0.4, 0.5) is 0 Å². The van der Waals surface area contributed by atoms with Crippen LogP contribution in [0.3, 0.4) is 0 Å². The minimum Gasteiger partial charge on any atom is -0.351 e. The summed E-state index contributed by atoms with van der Waals surface area (Å²) in [7, 11) is 0. The van der Waals surface area contributed by atoms with Crippen LogP contribution in [0.5, 0.6) is 0 Å². The lowest BCUT2D eigenvalue weighted by Crippen LogP contribution is -2.59. The number of nitrogens with one attached hydrogen (secondary N) is 1. The molecule has 5 fully saturated rings. The van der Waals surface area contributed by atoms with E-state index in [0.29, 0.717) is 6.04 Å². The van der Waals surface area contributed by atoms with E-state index in [1.54, 1.807) is 0 Å². The Labute approximate surface area is 140 Å². The third kappa shape index (κ3) is 3.17. The summed E-state index contributed by atoms with van der Waals surface area (Å²) in [5, 5.41) is 3.50. The van der Waals surface area contributed by atoms with Gasteiger partial charge in [-0.3, -0.25) is 9.69 Å². The van der Waals surface area contributed by atoms with Crippen LogP contribution in [-0.2, 0) is 4.79 Å². The van der Waals surface area contributed by atoms with E-state index in [0.717, 1.165) is 49.6 Å². The molecule has 0 aromatic rings. The highest BCUT2D eigenvalue weighted by molar-refractivity contribution is 5.82. The van der Waals surface area contributed by atoms with Gasteiger partial charge in [0.2, 0.25) is 5.91 Å². The predicted octanol–water partition coefficient (Wildman–Crippen LogP) is 2.13. The molecule has 4 nitrogen and oxygen atoms in total. The Kier molecular flexibility index (Phi) is 3.96. The van der Waals surface area contributed by atoms with Crippen LogP contribution < -0.4 is 11.1 Å². The Morgan fingerprint density at radius 1 is 1.13 bits per heavy atom. The van der Waals surface area contributed by atoms with Gasteiger partial charge in [0.05, 0.1) is 6.04 Å². The van der Waals surface area contributed by atoms with Crippen LogP contribution in [0, 0.1) is 23.7 Å². The SMILES string of the molecule is CC(C)(N)CN1CCC[C@H]1C(=O)NC1C2CC3CC(C2)CC1C3. The Balaban J connectivity index is 1.40. The molecule has 1 heterocycles. The monoisotopic (exact) mass is 319 g/mol. The molecule has 130 valence electrons. The second-order valence-corrected chi connectivity index (χ2v) is 9.58. The van der Waals surface area contributed by atoms with E-state index < -0.39 is 0 Å². The number of nitrogens with zero attached hydrogens (tertiary/aromatic N) is 1. The lowest BCUT2D eigenvalue weighted by Gasteiger charge is -2.54. The average molecular weight is 319 g/mol. The van der Waals surface area contributed by atoms with Crippen LogP contribution >= 0.6 is 0 Å². The molecule has 4 heteroatoms. The van der Waals surface area contributed by atoms with Crippen LogP contribution in [0.25, 0.3) is 0 Å². The first-order chi connectivity index (χ1) is 10.9. The minimum atomic E-state index is -0.231. The van der Waals surface area contributed by atoms with Crippen molar-refractivity contribution in [3.63, 3.8) is 0 Å². The quantitative estimate of drug-likeness (QED) is 0.834. The number of amides is 1. The van der Waals surface area contributed by atoms with Crippen molar-refractivity contribution in [1.29, 1.82) is 0 Å². The zero-order valence-corrected chi connectivity index (χ0v) is 14.8. The third-order valence-corrected chi connectivity index (χ3v) is 6.81. The van der Waals surface area contributed by atoms with Crippen molar-refractivity contribution in [2.75, 3.05) is 13.1 Å². The summed E-state index contributed by atoms with van der Waals surface area (Å²) in [4.78, 5) is 15.3. The molecule has 4 aliphatic carbocycles. The van der Waals surface area contributed by atoms with Crippen molar-refractivity contribution in [2.45, 2.75) is 76.4 Å². The van der Waals surface area contributed by atoms with Crippen LogP contribution in [0.1, 0.15) is 58.8 Å². The molecule has 1 aliphatic heterocycles. The van der Waals surface area contributed by atoms with E-state index in [1.165, 1.54) is 32.1 Å². The van der Waals surface area contributed by atoms with Crippen molar-refractivity contribution in [1.82, 2.24) is 10.2 Å². The largest absolute Gasteiger partial charge is 0.351 e. The first kappa shape index (κ1) is 15.9. The van der Waals surface area contributed by atoms with Crippen LogP contribution in [-0.4, -0.2) is 41.5 Å². The maximum Gasteiger partial charge on any atom is 0.237 e. The molecule has 5 aliphatic rings. The number of nitrogens with two attached hydrogens (primary N) is 1. The van der Waals surface area contributed by atoms with Gasteiger partial charge in [-0.2, -0.15) is 0 Å². The summed E-state index contributed by atoms with van der Waals surface area (Å²) in [6.45, 7) is 5.93. The Hall–Kier alpha value is -0.610. The van der Waals surface area contributed by atoms with E-state index >= 15 is 0 Å². The standard InChI is InChI=1S/C19H33N3O/c1-19(2,20)11-22-5-3-4-16(22)18(23)21-17-14-7-12-6-13(9-14)10-15(17)8-12/h12-17H,3-11,20H2,1-2H3,(H,21,23)/t12?,13?,14?,15?,16-,17?/m0/s1. The van der Waals surface area contributed by atoms with E-state index in [9.17, 15) is 4.79 Å². The Bertz CT molecular complexity index is 442. The summed E-state index contributed by atoms with van der Waals surface area (Å²) in [5.41, 5.74) is 5.95.